The first kappa shape index (κ1) is 31.2. The van der Waals surface area contributed by atoms with E-state index < -0.39 is 14.0 Å². The highest BCUT2D eigenvalue weighted by Gasteiger charge is 2.41. The number of para-hydroxylation sites is 1. The van der Waals surface area contributed by atoms with Gasteiger partial charge in [0, 0.05) is 37.1 Å². The van der Waals surface area contributed by atoms with Crippen molar-refractivity contribution in [3.63, 3.8) is 0 Å². The molecule has 0 radical (unpaired) electrons. The Morgan fingerprint density at radius 1 is 0.977 bits per heavy atom. The van der Waals surface area contributed by atoms with E-state index in [0.717, 1.165) is 41.1 Å². The van der Waals surface area contributed by atoms with Crippen LogP contribution in [-0.4, -0.2) is 59.8 Å². The summed E-state index contributed by atoms with van der Waals surface area (Å²) < 4.78 is 7.45. The lowest BCUT2D eigenvalue weighted by molar-refractivity contribution is 0.0996. The number of morpholine rings is 1. The van der Waals surface area contributed by atoms with Gasteiger partial charge in [0.1, 0.15) is 19.5 Å². The van der Waals surface area contributed by atoms with Crippen LogP contribution in [0.15, 0.2) is 48.8 Å². The lowest BCUT2D eigenvalue weighted by atomic mass is 10.1. The molecule has 1 saturated heterocycles. The zero-order chi connectivity index (χ0) is 31.6. The van der Waals surface area contributed by atoms with E-state index in [2.05, 4.69) is 80.3 Å². The van der Waals surface area contributed by atoms with E-state index in [1.54, 1.807) is 6.33 Å². The first-order valence-corrected chi connectivity index (χ1v) is 17.6. The fourth-order valence-corrected chi connectivity index (χ4v) is 11.8. The number of fused-ring (bicyclic) bond motifs is 1. The first-order valence-electron chi connectivity index (χ1n) is 15.4. The van der Waals surface area contributed by atoms with Gasteiger partial charge < -0.3 is 25.3 Å². The lowest BCUT2D eigenvalue weighted by Gasteiger charge is -2.38. The van der Waals surface area contributed by atoms with Crippen molar-refractivity contribution in [1.82, 2.24) is 19.5 Å². The number of aromatic nitrogens is 4. The van der Waals surface area contributed by atoms with E-state index in [1.807, 2.05) is 41.9 Å². The molecule has 3 N–H and O–H groups in total. The van der Waals surface area contributed by atoms with E-state index in [1.165, 1.54) is 0 Å². The summed E-state index contributed by atoms with van der Waals surface area (Å²) in [5.74, 6) is 3.11. The van der Waals surface area contributed by atoms with Crippen molar-refractivity contribution in [2.45, 2.75) is 58.2 Å². The second-order valence-electron chi connectivity index (χ2n) is 12.4. The monoisotopic (exact) mass is 609 g/mol. The van der Waals surface area contributed by atoms with Crippen LogP contribution in [0.2, 0.25) is 16.6 Å². The highest BCUT2D eigenvalue weighted by molar-refractivity contribution is 6.90. The van der Waals surface area contributed by atoms with Gasteiger partial charge in [-0.25, -0.2) is 15.0 Å². The minimum atomic E-state index is -2.11. The Bertz CT molecular complexity index is 1690. The molecule has 2 aromatic carbocycles. The molecule has 0 atom stereocenters. The van der Waals surface area contributed by atoms with Gasteiger partial charge in [0.2, 0.25) is 0 Å². The van der Waals surface area contributed by atoms with Crippen LogP contribution in [0.25, 0.3) is 22.3 Å². The minimum absolute atomic E-state index is 0.0517. The number of benzene rings is 2. The number of primary amides is 1. The number of hydrogen-bond donors (Lipinski definition) is 2. The topological polar surface area (TPSA) is 111 Å². The molecule has 0 spiro atoms. The smallest absolute Gasteiger partial charge is 0.271 e. The molecule has 0 aliphatic carbocycles. The van der Waals surface area contributed by atoms with Crippen LogP contribution < -0.4 is 16.0 Å². The summed E-state index contributed by atoms with van der Waals surface area (Å²) in [6.45, 7) is 16.8. The SMILES string of the molecule is CC(C)[Si](C#Cc1nc(Nc2ccc(N3CCOCC3)cc2)c(C(N)=O)nc1-c1cccc2c1ncn2C)(C(C)C)C(C)C. The van der Waals surface area contributed by atoms with Crippen LogP contribution in [0.1, 0.15) is 57.7 Å². The van der Waals surface area contributed by atoms with Crippen LogP contribution in [0.4, 0.5) is 17.2 Å². The molecule has 230 valence electrons. The lowest BCUT2D eigenvalue weighted by Crippen LogP contribution is -2.43. The largest absolute Gasteiger partial charge is 0.378 e. The van der Waals surface area contributed by atoms with Crippen LogP contribution in [0, 0.1) is 11.5 Å². The third-order valence-corrected chi connectivity index (χ3v) is 15.2. The average molecular weight is 610 g/mol. The van der Waals surface area contributed by atoms with E-state index in [-0.39, 0.29) is 11.5 Å². The van der Waals surface area contributed by atoms with Gasteiger partial charge in [-0.15, -0.1) is 5.54 Å². The van der Waals surface area contributed by atoms with E-state index >= 15 is 0 Å². The first-order chi connectivity index (χ1) is 21.0. The molecule has 1 aliphatic rings. The number of amides is 1. The zero-order valence-electron chi connectivity index (χ0n) is 26.8. The summed E-state index contributed by atoms with van der Waals surface area (Å²) in [6.07, 6.45) is 1.77. The Hall–Kier alpha value is -4.20. The van der Waals surface area contributed by atoms with Gasteiger partial charge in [0.15, 0.2) is 11.5 Å². The zero-order valence-corrected chi connectivity index (χ0v) is 27.8. The number of rotatable bonds is 8. The molecule has 4 aromatic rings. The van der Waals surface area contributed by atoms with Gasteiger partial charge in [-0.2, -0.15) is 0 Å². The summed E-state index contributed by atoms with van der Waals surface area (Å²) in [4.78, 5) is 29.6. The third-order valence-electron chi connectivity index (χ3n) is 8.91. The molecular weight excluding hydrogens is 567 g/mol. The van der Waals surface area contributed by atoms with Crippen molar-refractivity contribution in [2.24, 2.45) is 12.8 Å². The predicted molar refractivity (Wildman–Crippen MR) is 181 cm³/mol. The number of nitrogens with two attached hydrogens (primary N) is 1. The van der Waals surface area contributed by atoms with Crippen molar-refractivity contribution in [3.8, 4) is 22.7 Å². The maximum absolute atomic E-state index is 12.8. The number of carbonyl (C=O) groups excluding carboxylic acids is 1. The third kappa shape index (κ3) is 5.94. The van der Waals surface area contributed by atoms with E-state index in [9.17, 15) is 4.79 Å². The fourth-order valence-electron chi connectivity index (χ4n) is 6.63. The molecule has 1 amide bonds. The summed E-state index contributed by atoms with van der Waals surface area (Å²) in [7, 11) is -0.158. The molecule has 0 saturated carbocycles. The van der Waals surface area contributed by atoms with Crippen molar-refractivity contribution in [1.29, 1.82) is 0 Å². The van der Waals surface area contributed by atoms with Crippen molar-refractivity contribution >= 4 is 42.2 Å². The maximum atomic E-state index is 12.8. The number of nitrogens with zero attached hydrogens (tertiary/aromatic N) is 5. The highest BCUT2D eigenvalue weighted by atomic mass is 28.3. The number of hydrogen-bond acceptors (Lipinski definition) is 7. The standard InChI is InChI=1S/C34H43N7O2Si/c1-22(2)44(23(3)4,24(5)6)20-15-28-30(27-9-8-10-29-31(27)36-21-40(29)7)39-32(33(35)42)34(38-28)37-25-11-13-26(14-12-25)41-16-18-43-19-17-41/h8-14,21-24H,16-19H2,1-7H3,(H2,35,42)(H,37,38). The van der Waals surface area contributed by atoms with Crippen LogP contribution in [0.5, 0.6) is 0 Å². The van der Waals surface area contributed by atoms with Crippen LogP contribution >= 0.6 is 0 Å². The number of anilines is 3. The minimum Gasteiger partial charge on any atom is -0.378 e. The van der Waals surface area contributed by atoms with Crippen LogP contribution in [0.3, 0.4) is 0 Å². The summed E-state index contributed by atoms with van der Waals surface area (Å²) >= 11 is 0. The van der Waals surface area contributed by atoms with Crippen molar-refractivity contribution in [2.75, 3.05) is 36.5 Å². The molecule has 2 aromatic heterocycles. The Balaban J connectivity index is 1.67. The number of imidazole rings is 1. The van der Waals surface area contributed by atoms with Gasteiger partial charge in [0.05, 0.1) is 30.6 Å². The van der Waals surface area contributed by atoms with Crippen molar-refractivity contribution in [3.05, 3.63) is 60.2 Å². The van der Waals surface area contributed by atoms with Gasteiger partial charge >= 0.3 is 0 Å². The molecule has 3 heterocycles. The molecule has 10 heteroatoms. The fraction of sp³-hybridized carbons (Fsp3) is 0.412. The molecule has 5 rings (SSSR count). The van der Waals surface area contributed by atoms with Gasteiger partial charge in [-0.1, -0.05) is 59.6 Å². The molecule has 9 nitrogen and oxygen atoms in total. The predicted octanol–water partition coefficient (Wildman–Crippen LogP) is 6.28. The second kappa shape index (κ2) is 12.8. The Morgan fingerprint density at radius 2 is 1.64 bits per heavy atom. The normalized spacial score (nSPS) is 13.9. The summed E-state index contributed by atoms with van der Waals surface area (Å²) in [5.41, 5.74) is 16.5. The summed E-state index contributed by atoms with van der Waals surface area (Å²) in [6, 6.07) is 14.0. The number of aryl methyl sites for hydroxylation is 1. The molecule has 0 bridgehead atoms. The van der Waals surface area contributed by atoms with Crippen LogP contribution in [-0.2, 0) is 11.8 Å². The molecule has 1 aliphatic heterocycles. The molecule has 44 heavy (non-hydrogen) atoms. The Kier molecular flexibility index (Phi) is 9.09. The molecule has 0 unspecified atom stereocenters. The van der Waals surface area contributed by atoms with Gasteiger partial charge in [0.25, 0.3) is 5.91 Å². The quantitative estimate of drug-likeness (QED) is 0.179. The van der Waals surface area contributed by atoms with E-state index in [0.29, 0.717) is 41.2 Å². The van der Waals surface area contributed by atoms with Gasteiger partial charge in [-0.05, 0) is 47.0 Å². The second-order valence-corrected chi connectivity index (χ2v) is 18.0. The Labute approximate surface area is 261 Å². The average Bonchev–Trinajstić information content (AvgIpc) is 3.38. The Morgan fingerprint density at radius 3 is 2.25 bits per heavy atom. The highest BCUT2D eigenvalue weighted by Crippen LogP contribution is 2.41. The number of nitrogens with one attached hydrogen (secondary N) is 1. The van der Waals surface area contributed by atoms with Gasteiger partial charge in [-0.3, -0.25) is 4.79 Å². The number of carbonyl (C=O) groups is 1. The number of ether oxygens (including phenoxy) is 1. The molecular formula is C34H43N7O2Si. The molecule has 1 fully saturated rings. The summed E-state index contributed by atoms with van der Waals surface area (Å²) in [5, 5.41) is 3.32. The van der Waals surface area contributed by atoms with Crippen molar-refractivity contribution < 1.29 is 9.53 Å². The van der Waals surface area contributed by atoms with E-state index in [4.69, 9.17) is 20.4 Å². The maximum Gasteiger partial charge on any atom is 0.271 e.